The van der Waals surface area contributed by atoms with Gasteiger partial charge in [0.15, 0.2) is 0 Å². The fourth-order valence-corrected chi connectivity index (χ4v) is 4.74. The monoisotopic (exact) mass is 441 g/mol. The van der Waals surface area contributed by atoms with Crippen molar-refractivity contribution in [3.8, 4) is 11.3 Å². The van der Waals surface area contributed by atoms with Gasteiger partial charge in [-0.15, -0.1) is 11.3 Å². The van der Waals surface area contributed by atoms with Gasteiger partial charge in [-0.3, -0.25) is 9.78 Å². The van der Waals surface area contributed by atoms with Crippen LogP contribution >= 0.6 is 11.3 Å². The van der Waals surface area contributed by atoms with Crippen LogP contribution in [0.1, 0.15) is 32.7 Å². The number of anilines is 2. The van der Waals surface area contributed by atoms with Crippen LogP contribution in [0.3, 0.4) is 0 Å². The summed E-state index contributed by atoms with van der Waals surface area (Å²) in [4.78, 5) is 30.7. The predicted molar refractivity (Wildman–Crippen MR) is 127 cm³/mol. The maximum Gasteiger partial charge on any atom is 0.263 e. The van der Waals surface area contributed by atoms with Crippen molar-refractivity contribution in [1.82, 2.24) is 19.9 Å². The standard InChI is InChI=1S/C25H23N5OS/c1-17-9-10-22(32-17)25(31)30-13-11-19(16-30)24-28-21(18-6-5-12-26-15-18)14-23(29-24)27-20-7-3-2-4-8-20/h2-10,12,14-15,19H,11,13,16H2,1H3,(H,27,28,29). The van der Waals surface area contributed by atoms with Crippen LogP contribution in [0.4, 0.5) is 11.5 Å². The minimum Gasteiger partial charge on any atom is -0.340 e. The van der Waals surface area contributed by atoms with Crippen molar-refractivity contribution in [1.29, 1.82) is 0 Å². The van der Waals surface area contributed by atoms with Crippen molar-refractivity contribution in [3.05, 3.63) is 88.6 Å². The number of benzene rings is 1. The average Bonchev–Trinajstić information content (AvgIpc) is 3.49. The van der Waals surface area contributed by atoms with Crippen molar-refractivity contribution in [3.63, 3.8) is 0 Å². The highest BCUT2D eigenvalue weighted by Gasteiger charge is 2.30. The number of nitrogens with zero attached hydrogens (tertiary/aromatic N) is 4. The SMILES string of the molecule is Cc1ccc(C(=O)N2CCC(c3nc(Nc4ccccc4)cc(-c4cccnc4)n3)C2)s1. The number of hydrogen-bond donors (Lipinski definition) is 1. The number of aryl methyl sites for hydroxylation is 1. The summed E-state index contributed by atoms with van der Waals surface area (Å²) in [5.74, 6) is 1.67. The summed E-state index contributed by atoms with van der Waals surface area (Å²) in [6.45, 7) is 3.35. The van der Waals surface area contributed by atoms with Crippen LogP contribution in [0.25, 0.3) is 11.3 Å². The van der Waals surface area contributed by atoms with Crippen LogP contribution in [0.15, 0.2) is 73.1 Å². The summed E-state index contributed by atoms with van der Waals surface area (Å²) in [5.41, 5.74) is 2.72. The summed E-state index contributed by atoms with van der Waals surface area (Å²) < 4.78 is 0. The van der Waals surface area contributed by atoms with E-state index in [-0.39, 0.29) is 11.8 Å². The lowest BCUT2D eigenvalue weighted by molar-refractivity contribution is 0.0795. The summed E-state index contributed by atoms with van der Waals surface area (Å²) in [5, 5.41) is 3.39. The number of hydrogen-bond acceptors (Lipinski definition) is 6. The summed E-state index contributed by atoms with van der Waals surface area (Å²) in [6, 6.07) is 19.7. The van der Waals surface area contributed by atoms with E-state index >= 15 is 0 Å². The fourth-order valence-electron chi connectivity index (χ4n) is 3.90. The summed E-state index contributed by atoms with van der Waals surface area (Å²) in [7, 11) is 0. The van der Waals surface area contributed by atoms with E-state index in [1.54, 1.807) is 17.5 Å². The maximum absolute atomic E-state index is 12.9. The molecular formula is C25H23N5OS. The molecule has 0 radical (unpaired) electrons. The van der Waals surface area contributed by atoms with Crippen LogP contribution in [-0.4, -0.2) is 38.8 Å². The second-order valence-corrected chi connectivity index (χ2v) is 9.16. The molecule has 4 heterocycles. The molecule has 0 aliphatic carbocycles. The van der Waals surface area contributed by atoms with Gasteiger partial charge >= 0.3 is 0 Å². The first-order valence-corrected chi connectivity index (χ1v) is 11.4. The van der Waals surface area contributed by atoms with Gasteiger partial charge in [-0.25, -0.2) is 9.97 Å². The molecule has 6 nitrogen and oxygen atoms in total. The minimum atomic E-state index is 0.0907. The van der Waals surface area contributed by atoms with Crippen molar-refractivity contribution in [2.45, 2.75) is 19.3 Å². The van der Waals surface area contributed by atoms with Gasteiger partial charge in [-0.05, 0) is 49.7 Å². The number of para-hydroxylation sites is 1. The first kappa shape index (κ1) is 20.3. The van der Waals surface area contributed by atoms with Gasteiger partial charge in [0, 0.05) is 53.6 Å². The number of likely N-dealkylation sites (tertiary alicyclic amines) is 1. The molecule has 4 aromatic rings. The fraction of sp³-hybridized carbons (Fsp3) is 0.200. The quantitative estimate of drug-likeness (QED) is 0.456. The highest BCUT2D eigenvalue weighted by Crippen LogP contribution is 2.30. The second kappa shape index (κ2) is 8.88. The molecule has 1 saturated heterocycles. The van der Waals surface area contributed by atoms with Gasteiger partial charge in [0.1, 0.15) is 11.6 Å². The van der Waals surface area contributed by atoms with Crippen LogP contribution in [0, 0.1) is 6.92 Å². The first-order valence-electron chi connectivity index (χ1n) is 10.6. The lowest BCUT2D eigenvalue weighted by atomic mass is 10.1. The Morgan fingerprint density at radius 1 is 1.09 bits per heavy atom. The molecule has 0 saturated carbocycles. The van der Waals surface area contributed by atoms with Crippen LogP contribution in [-0.2, 0) is 0 Å². The van der Waals surface area contributed by atoms with Crippen molar-refractivity contribution in [2.24, 2.45) is 0 Å². The Hall–Kier alpha value is -3.58. The first-order chi connectivity index (χ1) is 15.7. The molecular weight excluding hydrogens is 418 g/mol. The van der Waals surface area contributed by atoms with Gasteiger partial charge < -0.3 is 10.2 Å². The van der Waals surface area contributed by atoms with E-state index in [1.165, 1.54) is 0 Å². The van der Waals surface area contributed by atoms with E-state index in [2.05, 4.69) is 10.3 Å². The van der Waals surface area contributed by atoms with E-state index in [0.717, 1.165) is 44.8 Å². The molecule has 0 spiro atoms. The Morgan fingerprint density at radius 3 is 2.72 bits per heavy atom. The molecule has 7 heteroatoms. The highest BCUT2D eigenvalue weighted by molar-refractivity contribution is 7.13. The minimum absolute atomic E-state index is 0.0907. The number of carbonyl (C=O) groups excluding carboxylic acids is 1. The van der Waals surface area contributed by atoms with E-state index in [0.29, 0.717) is 13.1 Å². The molecule has 32 heavy (non-hydrogen) atoms. The second-order valence-electron chi connectivity index (χ2n) is 7.88. The summed E-state index contributed by atoms with van der Waals surface area (Å²) in [6.07, 6.45) is 4.40. The third-order valence-electron chi connectivity index (χ3n) is 5.54. The lowest BCUT2D eigenvalue weighted by Gasteiger charge is -2.16. The molecule has 3 aromatic heterocycles. The Balaban J connectivity index is 1.43. The molecule has 160 valence electrons. The van der Waals surface area contributed by atoms with Gasteiger partial charge in [0.2, 0.25) is 0 Å². The molecule has 1 atom stereocenters. The Kier molecular flexibility index (Phi) is 5.64. The average molecular weight is 442 g/mol. The number of aromatic nitrogens is 3. The molecule has 1 aromatic carbocycles. The Bertz CT molecular complexity index is 1230. The topological polar surface area (TPSA) is 71.0 Å². The maximum atomic E-state index is 12.9. The zero-order chi connectivity index (χ0) is 21.9. The van der Waals surface area contributed by atoms with Crippen molar-refractivity contribution < 1.29 is 4.79 Å². The Labute approximate surface area is 191 Å². The zero-order valence-corrected chi connectivity index (χ0v) is 18.5. The highest BCUT2D eigenvalue weighted by atomic mass is 32.1. The summed E-state index contributed by atoms with van der Waals surface area (Å²) >= 11 is 1.54. The van der Waals surface area contributed by atoms with E-state index in [1.807, 2.05) is 78.7 Å². The third kappa shape index (κ3) is 4.38. The number of rotatable bonds is 5. The van der Waals surface area contributed by atoms with E-state index < -0.39 is 0 Å². The Morgan fingerprint density at radius 2 is 1.97 bits per heavy atom. The number of thiophene rings is 1. The van der Waals surface area contributed by atoms with Gasteiger partial charge in [-0.2, -0.15) is 0 Å². The third-order valence-corrected chi connectivity index (χ3v) is 6.53. The lowest BCUT2D eigenvalue weighted by Crippen LogP contribution is -2.28. The number of pyridine rings is 1. The van der Waals surface area contributed by atoms with Gasteiger partial charge in [0.25, 0.3) is 5.91 Å². The van der Waals surface area contributed by atoms with E-state index in [4.69, 9.17) is 9.97 Å². The number of amides is 1. The normalized spacial score (nSPS) is 15.7. The molecule has 5 rings (SSSR count). The number of nitrogens with one attached hydrogen (secondary N) is 1. The molecule has 1 fully saturated rings. The van der Waals surface area contributed by atoms with Gasteiger partial charge in [0.05, 0.1) is 10.6 Å². The predicted octanol–water partition coefficient (Wildman–Crippen LogP) is 5.28. The van der Waals surface area contributed by atoms with Crippen LogP contribution in [0.2, 0.25) is 0 Å². The van der Waals surface area contributed by atoms with Crippen molar-refractivity contribution >= 4 is 28.7 Å². The smallest absolute Gasteiger partial charge is 0.263 e. The molecule has 1 aliphatic rings. The van der Waals surface area contributed by atoms with E-state index in [9.17, 15) is 4.79 Å². The molecule has 0 bridgehead atoms. The van der Waals surface area contributed by atoms with Gasteiger partial charge in [-0.1, -0.05) is 18.2 Å². The molecule has 1 unspecified atom stereocenters. The zero-order valence-electron chi connectivity index (χ0n) is 17.7. The molecule has 1 N–H and O–H groups in total. The van der Waals surface area contributed by atoms with Crippen molar-refractivity contribution in [2.75, 3.05) is 18.4 Å². The molecule has 1 aliphatic heterocycles. The molecule has 1 amide bonds. The number of carbonyl (C=O) groups is 1. The largest absolute Gasteiger partial charge is 0.340 e. The van der Waals surface area contributed by atoms with Crippen LogP contribution in [0.5, 0.6) is 0 Å². The van der Waals surface area contributed by atoms with Crippen LogP contribution < -0.4 is 5.32 Å².